The highest BCUT2D eigenvalue weighted by Gasteiger charge is 2.37. The summed E-state index contributed by atoms with van der Waals surface area (Å²) in [7, 11) is 0. The van der Waals surface area contributed by atoms with Crippen LogP contribution in [0, 0.1) is 11.8 Å². The third-order valence-electron chi connectivity index (χ3n) is 6.70. The van der Waals surface area contributed by atoms with Crippen molar-refractivity contribution in [3.05, 3.63) is 66.1 Å². The summed E-state index contributed by atoms with van der Waals surface area (Å²) in [4.78, 5) is 28.0. The zero-order valence-corrected chi connectivity index (χ0v) is 18.9. The number of carbonyl (C=O) groups is 1. The minimum Gasteiger partial charge on any atom is -0.342 e. The molecule has 6 nitrogen and oxygen atoms in total. The average molecular weight is 458 g/mol. The molecule has 33 heavy (non-hydrogen) atoms. The first-order chi connectivity index (χ1) is 16.2. The van der Waals surface area contributed by atoms with Crippen LogP contribution in [0.3, 0.4) is 0 Å². The lowest BCUT2D eigenvalue weighted by atomic mass is 10.0. The van der Waals surface area contributed by atoms with Gasteiger partial charge in [-0.3, -0.25) is 4.79 Å². The van der Waals surface area contributed by atoms with Crippen molar-refractivity contribution in [2.45, 2.75) is 25.8 Å². The van der Waals surface area contributed by atoms with Crippen molar-refractivity contribution in [2.75, 3.05) is 13.1 Å². The molecule has 0 N–H and O–H groups in total. The molecular formula is C26H24ClN5O. The quantitative estimate of drug-likeness (QED) is 0.392. The largest absolute Gasteiger partial charge is 0.342 e. The Kier molecular flexibility index (Phi) is 5.10. The van der Waals surface area contributed by atoms with Crippen molar-refractivity contribution in [1.82, 2.24) is 24.4 Å². The monoisotopic (exact) mass is 457 g/mol. The number of fused-ring (bicyclic) bond motifs is 1. The van der Waals surface area contributed by atoms with E-state index in [-0.39, 0.29) is 5.92 Å². The Morgan fingerprint density at radius 2 is 1.67 bits per heavy atom. The zero-order valence-electron chi connectivity index (χ0n) is 18.2. The predicted octanol–water partition coefficient (Wildman–Crippen LogP) is 5.07. The third kappa shape index (κ3) is 3.89. The second-order valence-electron chi connectivity index (χ2n) is 9.04. The van der Waals surface area contributed by atoms with Gasteiger partial charge in [-0.1, -0.05) is 66.2 Å². The van der Waals surface area contributed by atoms with Gasteiger partial charge < -0.3 is 9.47 Å². The Bertz CT molecular complexity index is 1310. The molecule has 0 radical (unpaired) electrons. The van der Waals surface area contributed by atoms with Crippen molar-refractivity contribution in [1.29, 1.82) is 0 Å². The van der Waals surface area contributed by atoms with Crippen LogP contribution in [-0.4, -0.2) is 43.4 Å². The van der Waals surface area contributed by atoms with Crippen LogP contribution in [0.4, 0.5) is 0 Å². The SMILES string of the molecule is O=C(C1CC1)N1CCC(Cn2c(-c3ccc(-c4ccccc4)cc3)nc3c(Cl)ncnc32)C1. The smallest absolute Gasteiger partial charge is 0.225 e. The zero-order chi connectivity index (χ0) is 22.4. The summed E-state index contributed by atoms with van der Waals surface area (Å²) in [6.45, 7) is 2.37. The van der Waals surface area contributed by atoms with Crippen molar-refractivity contribution >= 4 is 28.7 Å². The summed E-state index contributed by atoms with van der Waals surface area (Å²) in [5.74, 6) is 1.79. The van der Waals surface area contributed by atoms with E-state index in [2.05, 4.69) is 50.9 Å². The number of rotatable bonds is 5. The normalized spacial score (nSPS) is 18.2. The molecule has 2 aromatic carbocycles. The first kappa shape index (κ1) is 20.4. The van der Waals surface area contributed by atoms with Gasteiger partial charge in [-0.05, 0) is 36.3 Å². The average Bonchev–Trinajstić information content (AvgIpc) is 3.49. The molecule has 7 heteroatoms. The van der Waals surface area contributed by atoms with Crippen molar-refractivity contribution < 1.29 is 4.79 Å². The van der Waals surface area contributed by atoms with Crippen LogP contribution >= 0.6 is 11.6 Å². The molecule has 4 aromatic rings. The number of hydrogen-bond donors (Lipinski definition) is 0. The molecule has 1 aliphatic heterocycles. The van der Waals surface area contributed by atoms with Gasteiger partial charge in [-0.15, -0.1) is 0 Å². The van der Waals surface area contributed by atoms with Gasteiger partial charge >= 0.3 is 0 Å². The lowest BCUT2D eigenvalue weighted by Crippen LogP contribution is -2.30. The minimum absolute atomic E-state index is 0.267. The fourth-order valence-corrected chi connectivity index (χ4v) is 4.94. The van der Waals surface area contributed by atoms with Gasteiger partial charge in [-0.2, -0.15) is 0 Å². The van der Waals surface area contributed by atoms with Crippen LogP contribution < -0.4 is 0 Å². The fourth-order valence-electron chi connectivity index (χ4n) is 4.77. The number of carbonyl (C=O) groups excluding carboxylic acids is 1. The van der Waals surface area contributed by atoms with Gasteiger partial charge in [0.1, 0.15) is 17.7 Å². The molecule has 2 aromatic heterocycles. The number of halogens is 1. The number of likely N-dealkylation sites (tertiary alicyclic amines) is 1. The molecule has 1 saturated heterocycles. The second-order valence-corrected chi connectivity index (χ2v) is 9.40. The molecule has 2 fully saturated rings. The Morgan fingerprint density at radius 1 is 0.939 bits per heavy atom. The molecule has 0 bridgehead atoms. The standard InChI is InChI=1S/C26H24ClN5O/c27-23-22-25(29-16-28-23)32(15-17-12-13-31(14-17)26(33)21-10-11-21)24(30-22)20-8-6-19(7-9-20)18-4-2-1-3-5-18/h1-9,16-17,21H,10-15H2. The molecule has 0 spiro atoms. The maximum atomic E-state index is 12.5. The summed E-state index contributed by atoms with van der Waals surface area (Å²) in [6.07, 6.45) is 4.57. The maximum absolute atomic E-state index is 12.5. The van der Waals surface area contributed by atoms with E-state index in [1.54, 1.807) is 0 Å². The van der Waals surface area contributed by atoms with Crippen LogP contribution in [-0.2, 0) is 11.3 Å². The summed E-state index contributed by atoms with van der Waals surface area (Å²) < 4.78 is 2.15. The van der Waals surface area contributed by atoms with Crippen LogP contribution in [0.2, 0.25) is 5.15 Å². The number of nitrogens with zero attached hydrogens (tertiary/aromatic N) is 5. The second kappa shape index (κ2) is 8.27. The van der Waals surface area contributed by atoms with Crippen molar-refractivity contribution in [3.8, 4) is 22.5 Å². The highest BCUT2D eigenvalue weighted by Crippen LogP contribution is 2.34. The number of hydrogen-bond acceptors (Lipinski definition) is 4. The van der Waals surface area contributed by atoms with Gasteiger partial charge in [-0.25, -0.2) is 15.0 Å². The summed E-state index contributed by atoms with van der Waals surface area (Å²) in [5, 5.41) is 0.359. The summed E-state index contributed by atoms with van der Waals surface area (Å²) in [6, 6.07) is 18.7. The van der Waals surface area contributed by atoms with E-state index in [0.29, 0.717) is 22.5 Å². The van der Waals surface area contributed by atoms with Crippen LogP contribution in [0.1, 0.15) is 19.3 Å². The number of benzene rings is 2. The lowest BCUT2D eigenvalue weighted by molar-refractivity contribution is -0.131. The van der Waals surface area contributed by atoms with Crippen molar-refractivity contribution in [2.24, 2.45) is 11.8 Å². The molecule has 1 atom stereocenters. The number of amides is 1. The van der Waals surface area contributed by atoms with Gasteiger partial charge in [0.05, 0.1) is 0 Å². The maximum Gasteiger partial charge on any atom is 0.225 e. The van der Waals surface area contributed by atoms with E-state index < -0.39 is 0 Å². The van der Waals surface area contributed by atoms with Crippen LogP contribution in [0.25, 0.3) is 33.7 Å². The topological polar surface area (TPSA) is 63.9 Å². The van der Waals surface area contributed by atoms with Crippen LogP contribution in [0.15, 0.2) is 60.9 Å². The highest BCUT2D eigenvalue weighted by molar-refractivity contribution is 6.33. The van der Waals surface area contributed by atoms with E-state index in [1.165, 1.54) is 11.9 Å². The first-order valence-electron chi connectivity index (χ1n) is 11.5. The molecule has 3 heterocycles. The fraction of sp³-hybridized carbons (Fsp3) is 0.308. The van der Waals surface area contributed by atoms with Gasteiger partial charge in [0.15, 0.2) is 10.8 Å². The lowest BCUT2D eigenvalue weighted by Gasteiger charge is -2.17. The molecule has 1 amide bonds. The molecule has 6 rings (SSSR count). The van der Waals surface area contributed by atoms with Crippen molar-refractivity contribution in [3.63, 3.8) is 0 Å². The first-order valence-corrected chi connectivity index (χ1v) is 11.9. The minimum atomic E-state index is 0.267. The molecule has 1 unspecified atom stereocenters. The molecule has 166 valence electrons. The van der Waals surface area contributed by atoms with E-state index in [1.807, 2.05) is 23.1 Å². The molecule has 2 aliphatic rings. The Morgan fingerprint density at radius 3 is 2.42 bits per heavy atom. The predicted molar refractivity (Wildman–Crippen MR) is 129 cm³/mol. The van der Waals surface area contributed by atoms with E-state index >= 15 is 0 Å². The number of imidazole rings is 1. The number of aromatic nitrogens is 4. The molecule has 1 aliphatic carbocycles. The summed E-state index contributed by atoms with van der Waals surface area (Å²) in [5.41, 5.74) is 4.70. The summed E-state index contributed by atoms with van der Waals surface area (Å²) >= 11 is 6.38. The molecule has 1 saturated carbocycles. The Hall–Kier alpha value is -3.25. The van der Waals surface area contributed by atoms with E-state index in [4.69, 9.17) is 16.6 Å². The van der Waals surface area contributed by atoms with Gasteiger partial charge in [0.2, 0.25) is 5.91 Å². The van der Waals surface area contributed by atoms with Crippen LogP contribution in [0.5, 0.6) is 0 Å². The van der Waals surface area contributed by atoms with Gasteiger partial charge in [0, 0.05) is 31.1 Å². The highest BCUT2D eigenvalue weighted by atomic mass is 35.5. The van der Waals surface area contributed by atoms with E-state index in [9.17, 15) is 4.79 Å². The van der Waals surface area contributed by atoms with E-state index in [0.717, 1.165) is 61.5 Å². The third-order valence-corrected chi connectivity index (χ3v) is 6.98. The van der Waals surface area contributed by atoms with Gasteiger partial charge in [0.25, 0.3) is 0 Å². The Balaban J connectivity index is 1.33. The Labute approximate surface area is 197 Å². The molecular weight excluding hydrogens is 434 g/mol.